The van der Waals surface area contributed by atoms with Crippen LogP contribution in [0.2, 0.25) is 0 Å². The van der Waals surface area contributed by atoms with Gasteiger partial charge in [-0.2, -0.15) is 0 Å². The van der Waals surface area contributed by atoms with Gasteiger partial charge >= 0.3 is 5.97 Å². The lowest BCUT2D eigenvalue weighted by Crippen LogP contribution is -2.26. The highest BCUT2D eigenvalue weighted by Gasteiger charge is 2.35. The van der Waals surface area contributed by atoms with Crippen LogP contribution in [0.15, 0.2) is 11.6 Å². The molecule has 4 nitrogen and oxygen atoms in total. The first-order valence-electron chi connectivity index (χ1n) is 10.7. The van der Waals surface area contributed by atoms with E-state index in [0.29, 0.717) is 24.5 Å². The zero-order valence-electron chi connectivity index (χ0n) is 17.9. The highest BCUT2D eigenvalue weighted by Crippen LogP contribution is 2.37. The van der Waals surface area contributed by atoms with Crippen molar-refractivity contribution in [2.24, 2.45) is 11.8 Å². The van der Waals surface area contributed by atoms with E-state index in [4.69, 9.17) is 0 Å². The van der Waals surface area contributed by atoms with Crippen LogP contribution in [0.25, 0.3) is 0 Å². The number of allylic oxidation sites excluding steroid dienone is 2. The first-order valence-corrected chi connectivity index (χ1v) is 10.7. The van der Waals surface area contributed by atoms with Crippen molar-refractivity contribution in [2.75, 3.05) is 7.11 Å². The predicted molar refractivity (Wildman–Crippen MR) is 109 cm³/mol. The maximum atomic E-state index is 12.3. The van der Waals surface area contributed by atoms with Crippen molar-refractivity contribution in [1.29, 1.82) is 0 Å². The van der Waals surface area contributed by atoms with Crippen molar-refractivity contribution in [3.63, 3.8) is 0 Å². The number of carbonyl (C=O) groups excluding carboxylic acids is 2. The lowest BCUT2D eigenvalue weighted by Gasteiger charge is -2.26. The quantitative estimate of drug-likeness (QED) is 0.265. The van der Waals surface area contributed by atoms with Crippen LogP contribution in [0.5, 0.6) is 0 Å². The fourth-order valence-electron chi connectivity index (χ4n) is 4.10. The normalized spacial score (nSPS) is 21.7. The van der Waals surface area contributed by atoms with E-state index in [0.717, 1.165) is 64.2 Å². The molecule has 0 aliphatic heterocycles. The van der Waals surface area contributed by atoms with Gasteiger partial charge in [0.15, 0.2) is 0 Å². The predicted octanol–water partition coefficient (Wildman–Crippen LogP) is 5.37. The van der Waals surface area contributed by atoms with E-state index in [1.165, 1.54) is 12.7 Å². The Hall–Kier alpha value is -1.16. The molecule has 0 aromatic heterocycles. The molecular formula is C23H40O4. The van der Waals surface area contributed by atoms with Gasteiger partial charge in [0.2, 0.25) is 0 Å². The molecule has 0 radical (unpaired) electrons. The molecule has 0 saturated heterocycles. The Labute approximate surface area is 165 Å². The molecule has 0 spiro atoms. The molecule has 0 amide bonds. The van der Waals surface area contributed by atoms with Crippen molar-refractivity contribution >= 4 is 11.8 Å². The summed E-state index contributed by atoms with van der Waals surface area (Å²) >= 11 is 0. The monoisotopic (exact) mass is 380 g/mol. The second-order valence-corrected chi connectivity index (χ2v) is 8.76. The number of hydrogen-bond acceptors (Lipinski definition) is 4. The average molecular weight is 381 g/mol. The van der Waals surface area contributed by atoms with Crippen LogP contribution in [0, 0.1) is 11.8 Å². The number of unbranched alkanes of at least 4 members (excludes halogenated alkanes) is 3. The number of carbonyl (C=O) groups is 2. The number of esters is 1. The van der Waals surface area contributed by atoms with Gasteiger partial charge in [-0.05, 0) is 71.6 Å². The van der Waals surface area contributed by atoms with Crippen LogP contribution in [0.1, 0.15) is 97.8 Å². The minimum atomic E-state index is -0.643. The van der Waals surface area contributed by atoms with Gasteiger partial charge < -0.3 is 9.84 Å². The zero-order chi connectivity index (χ0) is 20.3. The fourth-order valence-corrected chi connectivity index (χ4v) is 4.10. The molecule has 27 heavy (non-hydrogen) atoms. The molecule has 0 bridgehead atoms. The van der Waals surface area contributed by atoms with Gasteiger partial charge in [-0.1, -0.05) is 30.9 Å². The summed E-state index contributed by atoms with van der Waals surface area (Å²) in [4.78, 5) is 23.4. The number of ketones is 1. The lowest BCUT2D eigenvalue weighted by atomic mass is 9.83. The maximum absolute atomic E-state index is 12.3. The van der Waals surface area contributed by atoms with Crippen molar-refractivity contribution in [3.05, 3.63) is 11.6 Å². The topological polar surface area (TPSA) is 63.6 Å². The molecule has 1 rings (SSSR count). The Morgan fingerprint density at radius 1 is 1.19 bits per heavy atom. The third-order valence-electron chi connectivity index (χ3n) is 5.91. The fraction of sp³-hybridized carbons (Fsp3) is 0.826. The Morgan fingerprint density at radius 2 is 1.89 bits per heavy atom. The molecule has 1 fully saturated rings. The molecule has 156 valence electrons. The smallest absolute Gasteiger partial charge is 0.305 e. The molecule has 0 aromatic rings. The Bertz CT molecular complexity index is 489. The van der Waals surface area contributed by atoms with E-state index in [-0.39, 0.29) is 11.9 Å². The molecule has 1 N–H and O–H groups in total. The van der Waals surface area contributed by atoms with E-state index in [1.807, 2.05) is 6.92 Å². The van der Waals surface area contributed by atoms with E-state index in [2.05, 4.69) is 24.7 Å². The summed E-state index contributed by atoms with van der Waals surface area (Å²) in [5.74, 6) is 0.887. The van der Waals surface area contributed by atoms with Gasteiger partial charge in [0, 0.05) is 18.8 Å². The minimum absolute atomic E-state index is 0.141. The number of Topliss-reactive ketones (excluding diaryl/α,β-unsaturated/α-hetero) is 1. The molecule has 0 heterocycles. The van der Waals surface area contributed by atoms with Gasteiger partial charge in [0.1, 0.15) is 5.78 Å². The first-order chi connectivity index (χ1) is 12.7. The van der Waals surface area contributed by atoms with Crippen LogP contribution in [0.3, 0.4) is 0 Å². The van der Waals surface area contributed by atoms with E-state index in [9.17, 15) is 14.7 Å². The Balaban J connectivity index is 2.30. The number of aliphatic hydroxyl groups is 1. The molecule has 0 aromatic carbocycles. The summed E-state index contributed by atoms with van der Waals surface area (Å²) in [7, 11) is 1.42. The number of rotatable bonds is 13. The summed E-state index contributed by atoms with van der Waals surface area (Å²) in [6.07, 6.45) is 12.7. The van der Waals surface area contributed by atoms with Crippen LogP contribution in [-0.4, -0.2) is 29.6 Å². The van der Waals surface area contributed by atoms with Gasteiger partial charge in [0.05, 0.1) is 12.7 Å². The van der Waals surface area contributed by atoms with Crippen LogP contribution >= 0.6 is 0 Å². The van der Waals surface area contributed by atoms with Crippen molar-refractivity contribution in [3.8, 4) is 0 Å². The molecule has 1 aliphatic carbocycles. The van der Waals surface area contributed by atoms with Crippen LogP contribution < -0.4 is 0 Å². The zero-order valence-corrected chi connectivity index (χ0v) is 17.9. The Kier molecular flexibility index (Phi) is 10.9. The Morgan fingerprint density at radius 3 is 2.56 bits per heavy atom. The molecule has 1 saturated carbocycles. The molecular weight excluding hydrogens is 340 g/mol. The molecule has 1 aliphatic rings. The van der Waals surface area contributed by atoms with Crippen molar-refractivity contribution < 1.29 is 19.4 Å². The van der Waals surface area contributed by atoms with E-state index in [1.54, 1.807) is 0 Å². The van der Waals surface area contributed by atoms with E-state index < -0.39 is 5.60 Å². The first kappa shape index (κ1) is 23.9. The van der Waals surface area contributed by atoms with Gasteiger partial charge in [-0.3, -0.25) is 9.59 Å². The van der Waals surface area contributed by atoms with Crippen molar-refractivity contribution in [1.82, 2.24) is 0 Å². The van der Waals surface area contributed by atoms with Crippen LogP contribution in [0.4, 0.5) is 0 Å². The molecule has 1 unspecified atom stereocenters. The number of hydrogen-bond donors (Lipinski definition) is 1. The summed E-state index contributed by atoms with van der Waals surface area (Å²) in [6.45, 7) is 6.09. The summed E-state index contributed by atoms with van der Waals surface area (Å²) in [5, 5.41) is 10.6. The highest BCUT2D eigenvalue weighted by molar-refractivity contribution is 5.83. The second kappa shape index (κ2) is 12.3. The molecule has 4 heteroatoms. The summed E-state index contributed by atoms with van der Waals surface area (Å²) in [5.41, 5.74) is 0.648. The number of methoxy groups -OCH3 is 1. The summed E-state index contributed by atoms with van der Waals surface area (Å²) < 4.78 is 4.65. The lowest BCUT2D eigenvalue weighted by molar-refractivity contribution is -0.140. The van der Waals surface area contributed by atoms with Gasteiger partial charge in [0.25, 0.3) is 0 Å². The summed E-state index contributed by atoms with van der Waals surface area (Å²) in [6, 6.07) is 0. The van der Waals surface area contributed by atoms with Gasteiger partial charge in [-0.15, -0.1) is 0 Å². The van der Waals surface area contributed by atoms with E-state index >= 15 is 0 Å². The van der Waals surface area contributed by atoms with Crippen molar-refractivity contribution in [2.45, 2.75) is 103 Å². The largest absolute Gasteiger partial charge is 0.469 e. The SMILES string of the molecule is COC(=O)CCCCCC[C@H]1C(=O)CC[C@@H]1CCC(C)(O)CCC=C(C)C. The van der Waals surface area contributed by atoms with Gasteiger partial charge in [-0.25, -0.2) is 0 Å². The van der Waals surface area contributed by atoms with Crippen LogP contribution in [-0.2, 0) is 14.3 Å². The maximum Gasteiger partial charge on any atom is 0.305 e. The number of ether oxygens (including phenoxy) is 1. The third-order valence-corrected chi connectivity index (χ3v) is 5.91. The highest BCUT2D eigenvalue weighted by atomic mass is 16.5. The standard InChI is InChI=1S/C23H40O4/c1-18(2)10-9-16-23(3,26)17-15-19-13-14-21(24)20(19)11-7-5-6-8-12-22(25)27-4/h10,19-20,26H,5-9,11-17H2,1-4H3/t19-,20-,23?/m1/s1. The molecule has 3 atom stereocenters. The second-order valence-electron chi connectivity index (χ2n) is 8.76. The average Bonchev–Trinajstić information content (AvgIpc) is 2.95. The third kappa shape index (κ3) is 10.1. The minimum Gasteiger partial charge on any atom is -0.469 e.